The molecule has 1 saturated heterocycles. The fourth-order valence-electron chi connectivity index (χ4n) is 7.05. The van der Waals surface area contributed by atoms with Crippen LogP contribution in [-0.2, 0) is 20.8 Å². The second-order valence-electron chi connectivity index (χ2n) is 11.0. The molecule has 2 aliphatic carbocycles. The lowest BCUT2D eigenvalue weighted by Gasteiger charge is -2.47. The molecule has 2 heterocycles. The summed E-state index contributed by atoms with van der Waals surface area (Å²) < 4.78 is 0. The van der Waals surface area contributed by atoms with Crippen LogP contribution < -0.4 is 5.32 Å². The second kappa shape index (κ2) is 8.83. The zero-order valence-corrected chi connectivity index (χ0v) is 20.5. The van der Waals surface area contributed by atoms with E-state index in [1.54, 1.807) is 0 Å². The number of carbonyl (C=O) groups excluding carboxylic acids is 3. The summed E-state index contributed by atoms with van der Waals surface area (Å²) in [6.07, 6.45) is 10.7. The Hall–Kier alpha value is -2.69. The number of hydrogen-bond donors (Lipinski definition) is 2. The van der Waals surface area contributed by atoms with E-state index < -0.39 is 11.3 Å². The molecule has 0 unspecified atom stereocenters. The number of fused-ring (bicyclic) bond motifs is 1. The van der Waals surface area contributed by atoms with Crippen LogP contribution in [0.1, 0.15) is 58.4 Å². The van der Waals surface area contributed by atoms with Crippen molar-refractivity contribution in [3.63, 3.8) is 0 Å². The third-order valence-corrected chi connectivity index (χ3v) is 9.05. The van der Waals surface area contributed by atoms with Gasteiger partial charge in [-0.3, -0.25) is 14.4 Å². The van der Waals surface area contributed by atoms with Crippen LogP contribution in [0.25, 0.3) is 10.9 Å². The Morgan fingerprint density at radius 3 is 2.68 bits per heavy atom. The fourth-order valence-corrected chi connectivity index (χ4v) is 7.05. The van der Waals surface area contributed by atoms with E-state index >= 15 is 0 Å². The van der Waals surface area contributed by atoms with Crippen LogP contribution in [0.3, 0.4) is 0 Å². The Bertz CT molecular complexity index is 1150. The van der Waals surface area contributed by atoms with Crippen LogP contribution in [0, 0.1) is 35.0 Å². The molecule has 3 aliphatic rings. The summed E-state index contributed by atoms with van der Waals surface area (Å²) in [5, 5.41) is 4.38. The van der Waals surface area contributed by atoms with Crippen molar-refractivity contribution < 1.29 is 14.4 Å². The van der Waals surface area contributed by atoms with Gasteiger partial charge in [0.1, 0.15) is 17.0 Å². The SMILES string of the molecule is C[C@H]1C/C=C/[C@H]2C(=O)[C@H](C)[C@@H](C)[C@H]3[C@H](Cc4c[nH]c5ccccc45)NC(=O)[C@]32C(=O)CCCC1. The summed E-state index contributed by atoms with van der Waals surface area (Å²) in [5.74, 6) is -0.840. The van der Waals surface area contributed by atoms with E-state index in [0.29, 0.717) is 18.8 Å². The van der Waals surface area contributed by atoms with Gasteiger partial charge in [-0.05, 0) is 42.7 Å². The van der Waals surface area contributed by atoms with E-state index in [1.165, 1.54) is 0 Å². The number of amides is 1. The molecule has 1 amide bonds. The number of nitrogens with one attached hydrogen (secondary N) is 2. The van der Waals surface area contributed by atoms with Crippen molar-refractivity contribution in [2.45, 2.75) is 65.3 Å². The van der Waals surface area contributed by atoms with Crippen molar-refractivity contribution in [1.82, 2.24) is 10.3 Å². The normalized spacial score (nSPS) is 37.6. The van der Waals surface area contributed by atoms with Gasteiger partial charge in [0.2, 0.25) is 5.91 Å². The first-order valence-electron chi connectivity index (χ1n) is 12.9. The van der Waals surface area contributed by atoms with Crippen molar-refractivity contribution in [2.75, 3.05) is 0 Å². The number of carbonyl (C=O) groups is 3. The minimum atomic E-state index is -1.29. The van der Waals surface area contributed by atoms with Crippen molar-refractivity contribution >= 4 is 28.4 Å². The van der Waals surface area contributed by atoms with Gasteiger partial charge < -0.3 is 10.3 Å². The standard InChI is InChI=1S/C29H36N2O3/c1-17-9-4-7-14-25(32)29-22(12-8-10-17)27(33)19(3)18(2)26(29)24(31-28(29)34)15-20-16-30-23-13-6-5-11-21(20)23/h5-6,8,11-13,16-19,22,24,26,30H,4,7,9-10,14-15H2,1-3H3,(H,31,34)/b12-8+/t17-,18-,19-,22+,24+,26+,29-/m1/s1. The summed E-state index contributed by atoms with van der Waals surface area (Å²) in [7, 11) is 0. The molecule has 1 aromatic heterocycles. The van der Waals surface area contributed by atoms with Gasteiger partial charge in [-0.25, -0.2) is 0 Å². The minimum Gasteiger partial charge on any atom is -0.361 e. The summed E-state index contributed by atoms with van der Waals surface area (Å²) in [6.45, 7) is 6.27. The van der Waals surface area contributed by atoms with Crippen LogP contribution >= 0.6 is 0 Å². The number of allylic oxidation sites excluding steroid dienone is 2. The van der Waals surface area contributed by atoms with E-state index in [4.69, 9.17) is 0 Å². The summed E-state index contributed by atoms with van der Waals surface area (Å²) >= 11 is 0. The van der Waals surface area contributed by atoms with Crippen LogP contribution in [0.5, 0.6) is 0 Å². The predicted molar refractivity (Wildman–Crippen MR) is 133 cm³/mol. The van der Waals surface area contributed by atoms with Gasteiger partial charge in [0, 0.05) is 41.4 Å². The van der Waals surface area contributed by atoms with Crippen molar-refractivity contribution in [1.29, 1.82) is 0 Å². The largest absolute Gasteiger partial charge is 0.361 e. The third kappa shape index (κ3) is 3.47. The lowest BCUT2D eigenvalue weighted by molar-refractivity contribution is -0.158. The zero-order chi connectivity index (χ0) is 24.0. The smallest absolute Gasteiger partial charge is 0.235 e. The molecule has 7 atom stereocenters. The summed E-state index contributed by atoms with van der Waals surface area (Å²) in [5.41, 5.74) is 0.918. The molecule has 1 saturated carbocycles. The topological polar surface area (TPSA) is 79.0 Å². The fraction of sp³-hybridized carbons (Fsp3) is 0.552. The number of aromatic amines is 1. The maximum atomic E-state index is 14.0. The van der Waals surface area contributed by atoms with Crippen molar-refractivity contribution in [3.05, 3.63) is 48.2 Å². The maximum absolute atomic E-state index is 14.0. The molecular formula is C29H36N2O3. The van der Waals surface area contributed by atoms with E-state index in [0.717, 1.165) is 42.1 Å². The number of ketones is 2. The number of H-pyrrole nitrogens is 1. The summed E-state index contributed by atoms with van der Waals surface area (Å²) in [4.78, 5) is 44.8. The Morgan fingerprint density at radius 2 is 1.85 bits per heavy atom. The highest BCUT2D eigenvalue weighted by Crippen LogP contribution is 2.56. The molecule has 1 aromatic carbocycles. The molecule has 0 bridgehead atoms. The zero-order valence-electron chi connectivity index (χ0n) is 20.5. The van der Waals surface area contributed by atoms with Crippen LogP contribution in [0.15, 0.2) is 42.6 Å². The van der Waals surface area contributed by atoms with Gasteiger partial charge >= 0.3 is 0 Å². The molecule has 1 aliphatic heterocycles. The van der Waals surface area contributed by atoms with E-state index in [1.807, 2.05) is 37.4 Å². The highest BCUT2D eigenvalue weighted by molar-refractivity contribution is 6.13. The van der Waals surface area contributed by atoms with Gasteiger partial charge in [0.05, 0.1) is 5.92 Å². The lowest BCUT2D eigenvalue weighted by atomic mass is 9.51. The third-order valence-electron chi connectivity index (χ3n) is 9.05. The molecule has 180 valence electrons. The van der Waals surface area contributed by atoms with Gasteiger partial charge in [0.15, 0.2) is 0 Å². The molecular weight excluding hydrogens is 424 g/mol. The first kappa shape index (κ1) is 23.1. The Balaban J connectivity index is 1.60. The second-order valence-corrected chi connectivity index (χ2v) is 11.0. The van der Waals surface area contributed by atoms with E-state index in [2.05, 4.69) is 36.3 Å². The molecule has 0 radical (unpaired) electrons. The average molecular weight is 461 g/mol. The number of benzene rings is 1. The molecule has 2 aromatic rings. The van der Waals surface area contributed by atoms with E-state index in [9.17, 15) is 14.4 Å². The highest BCUT2D eigenvalue weighted by atomic mass is 16.2. The summed E-state index contributed by atoms with van der Waals surface area (Å²) in [6, 6.07) is 7.99. The first-order valence-corrected chi connectivity index (χ1v) is 12.9. The molecule has 5 heteroatoms. The van der Waals surface area contributed by atoms with Gasteiger partial charge in [0.25, 0.3) is 0 Å². The molecule has 2 N–H and O–H groups in total. The lowest BCUT2D eigenvalue weighted by Crippen LogP contribution is -2.58. The molecule has 2 fully saturated rings. The van der Waals surface area contributed by atoms with Crippen LogP contribution in [0.4, 0.5) is 0 Å². The van der Waals surface area contributed by atoms with Gasteiger partial charge in [-0.15, -0.1) is 0 Å². The van der Waals surface area contributed by atoms with Crippen molar-refractivity contribution in [3.8, 4) is 0 Å². The van der Waals surface area contributed by atoms with E-state index in [-0.39, 0.29) is 41.3 Å². The Morgan fingerprint density at radius 1 is 1.06 bits per heavy atom. The average Bonchev–Trinajstić information content (AvgIpc) is 3.35. The molecule has 5 rings (SSSR count). The van der Waals surface area contributed by atoms with Crippen molar-refractivity contribution in [2.24, 2.45) is 35.0 Å². The van der Waals surface area contributed by atoms with Crippen LogP contribution in [-0.4, -0.2) is 28.5 Å². The van der Waals surface area contributed by atoms with Gasteiger partial charge in [-0.1, -0.05) is 64.0 Å². The van der Waals surface area contributed by atoms with Crippen LogP contribution in [0.2, 0.25) is 0 Å². The number of aromatic nitrogens is 1. The number of hydrogen-bond acceptors (Lipinski definition) is 3. The highest BCUT2D eigenvalue weighted by Gasteiger charge is 2.68. The Kier molecular flexibility index (Phi) is 5.99. The molecule has 1 spiro atoms. The number of para-hydroxylation sites is 1. The Labute approximate surface area is 201 Å². The quantitative estimate of drug-likeness (QED) is 0.489. The first-order chi connectivity index (χ1) is 16.4. The number of rotatable bonds is 2. The van der Waals surface area contributed by atoms with Gasteiger partial charge in [-0.2, -0.15) is 0 Å². The predicted octanol–water partition coefficient (Wildman–Crippen LogP) is 5.01. The number of Topliss-reactive ketones (excluding diaryl/α,β-unsaturated/α-hetero) is 2. The maximum Gasteiger partial charge on any atom is 0.235 e. The minimum absolute atomic E-state index is 0.0345. The monoisotopic (exact) mass is 460 g/mol. The molecule has 5 nitrogen and oxygen atoms in total. The molecule has 34 heavy (non-hydrogen) atoms.